The highest BCUT2D eigenvalue weighted by Gasteiger charge is 2.04. The highest BCUT2D eigenvalue weighted by atomic mass is 16.5. The summed E-state index contributed by atoms with van der Waals surface area (Å²) in [5.41, 5.74) is 4.08. The lowest BCUT2D eigenvalue weighted by Crippen LogP contribution is -1.92. The Balaban J connectivity index is 2.18. The Bertz CT molecular complexity index is 410. The van der Waals surface area contributed by atoms with Crippen LogP contribution in [-0.2, 0) is 0 Å². The molecule has 1 aliphatic carbocycles. The van der Waals surface area contributed by atoms with Crippen LogP contribution in [0.2, 0.25) is 0 Å². The molecule has 1 aromatic carbocycles. The molecule has 1 nitrogen and oxygen atoms in total. The van der Waals surface area contributed by atoms with Crippen LogP contribution in [0.15, 0.2) is 42.0 Å². The van der Waals surface area contributed by atoms with Crippen molar-refractivity contribution in [2.75, 3.05) is 6.61 Å². The molecule has 0 unspecified atom stereocenters. The van der Waals surface area contributed by atoms with Gasteiger partial charge in [0.25, 0.3) is 0 Å². The zero-order chi connectivity index (χ0) is 11.4. The van der Waals surface area contributed by atoms with E-state index in [0.29, 0.717) is 0 Å². The van der Waals surface area contributed by atoms with E-state index >= 15 is 0 Å². The number of allylic oxidation sites excluding steroid dienone is 4. The monoisotopic (exact) mass is 214 g/mol. The number of ether oxygens (including phenoxy) is 1. The molecule has 1 aromatic rings. The molecule has 0 amide bonds. The van der Waals surface area contributed by atoms with Gasteiger partial charge in [0.2, 0.25) is 0 Å². The predicted molar refractivity (Wildman–Crippen MR) is 68.6 cm³/mol. The molecule has 0 spiro atoms. The average molecular weight is 214 g/mol. The second kappa shape index (κ2) is 5.02. The highest BCUT2D eigenvalue weighted by Crippen LogP contribution is 2.26. The normalized spacial score (nSPS) is 15.4. The summed E-state index contributed by atoms with van der Waals surface area (Å²) in [7, 11) is 0. The molecule has 84 valence electrons. The van der Waals surface area contributed by atoms with Crippen LogP contribution in [0.5, 0.6) is 5.75 Å². The van der Waals surface area contributed by atoms with Crippen LogP contribution >= 0.6 is 0 Å². The first-order valence-electron chi connectivity index (χ1n) is 5.90. The van der Waals surface area contributed by atoms with E-state index in [9.17, 15) is 0 Å². The van der Waals surface area contributed by atoms with Crippen LogP contribution in [0.3, 0.4) is 0 Å². The van der Waals surface area contributed by atoms with Crippen molar-refractivity contribution >= 4 is 5.57 Å². The SMILES string of the molecule is CCOc1ccc(C2=CCCC(C)=C2)cc1. The zero-order valence-corrected chi connectivity index (χ0v) is 9.99. The van der Waals surface area contributed by atoms with E-state index in [1.54, 1.807) is 0 Å². The van der Waals surface area contributed by atoms with Crippen molar-refractivity contribution in [1.29, 1.82) is 0 Å². The molecule has 1 heteroatoms. The lowest BCUT2D eigenvalue weighted by atomic mass is 9.95. The quantitative estimate of drug-likeness (QED) is 0.732. The van der Waals surface area contributed by atoms with Gasteiger partial charge in [0.05, 0.1) is 6.61 Å². The molecule has 0 bridgehead atoms. The minimum absolute atomic E-state index is 0.723. The molecule has 0 heterocycles. The van der Waals surface area contributed by atoms with E-state index in [2.05, 4.69) is 31.2 Å². The van der Waals surface area contributed by atoms with Crippen molar-refractivity contribution in [1.82, 2.24) is 0 Å². The van der Waals surface area contributed by atoms with Crippen LogP contribution in [0, 0.1) is 0 Å². The first-order chi connectivity index (χ1) is 7.79. The molecule has 0 radical (unpaired) electrons. The first kappa shape index (κ1) is 11.0. The summed E-state index contributed by atoms with van der Waals surface area (Å²) in [5, 5.41) is 0. The van der Waals surface area contributed by atoms with Crippen molar-refractivity contribution in [2.24, 2.45) is 0 Å². The molecule has 0 atom stereocenters. The summed E-state index contributed by atoms with van der Waals surface area (Å²) in [5.74, 6) is 0.948. The van der Waals surface area contributed by atoms with E-state index < -0.39 is 0 Å². The molecular formula is C15H18O. The van der Waals surface area contributed by atoms with Crippen LogP contribution in [0.4, 0.5) is 0 Å². The molecule has 1 aliphatic rings. The Morgan fingerprint density at radius 2 is 1.94 bits per heavy atom. The van der Waals surface area contributed by atoms with Crippen molar-refractivity contribution in [3.8, 4) is 5.75 Å². The maximum atomic E-state index is 5.43. The minimum Gasteiger partial charge on any atom is -0.494 e. The Morgan fingerprint density at radius 3 is 2.56 bits per heavy atom. The van der Waals surface area contributed by atoms with Gasteiger partial charge in [-0.25, -0.2) is 0 Å². The maximum absolute atomic E-state index is 5.43. The second-order valence-electron chi connectivity index (χ2n) is 4.15. The predicted octanol–water partition coefficient (Wildman–Crippen LogP) is 4.21. The van der Waals surface area contributed by atoms with Crippen LogP contribution in [-0.4, -0.2) is 6.61 Å². The molecular weight excluding hydrogens is 196 g/mol. The summed E-state index contributed by atoms with van der Waals surface area (Å²) < 4.78 is 5.43. The van der Waals surface area contributed by atoms with Gasteiger partial charge >= 0.3 is 0 Å². The minimum atomic E-state index is 0.723. The molecule has 0 fully saturated rings. The Morgan fingerprint density at radius 1 is 1.19 bits per heavy atom. The summed E-state index contributed by atoms with van der Waals surface area (Å²) in [6.07, 6.45) is 6.94. The molecule has 0 aromatic heterocycles. The van der Waals surface area contributed by atoms with E-state index in [4.69, 9.17) is 4.74 Å². The average Bonchev–Trinajstić information content (AvgIpc) is 2.30. The van der Waals surface area contributed by atoms with Gasteiger partial charge in [0, 0.05) is 0 Å². The van der Waals surface area contributed by atoms with Gasteiger partial charge < -0.3 is 4.74 Å². The first-order valence-corrected chi connectivity index (χ1v) is 5.90. The standard InChI is InChI=1S/C15H18O/c1-3-16-15-9-7-13(8-10-15)14-6-4-5-12(2)11-14/h6-11H,3-5H2,1-2H3. The number of hydrogen-bond donors (Lipinski definition) is 0. The lowest BCUT2D eigenvalue weighted by Gasteiger charge is -2.11. The third-order valence-corrected chi connectivity index (χ3v) is 2.80. The number of hydrogen-bond acceptors (Lipinski definition) is 1. The fraction of sp³-hybridized carbons (Fsp3) is 0.333. The summed E-state index contributed by atoms with van der Waals surface area (Å²) >= 11 is 0. The fourth-order valence-electron chi connectivity index (χ4n) is 1.96. The van der Waals surface area contributed by atoms with Gasteiger partial charge in [0.1, 0.15) is 5.75 Å². The van der Waals surface area contributed by atoms with Crippen LogP contribution < -0.4 is 4.74 Å². The summed E-state index contributed by atoms with van der Waals surface area (Å²) in [4.78, 5) is 0. The Hall–Kier alpha value is -1.50. The van der Waals surface area contributed by atoms with Gasteiger partial charge in [0.15, 0.2) is 0 Å². The summed E-state index contributed by atoms with van der Waals surface area (Å²) in [6, 6.07) is 8.34. The van der Waals surface area contributed by atoms with Gasteiger partial charge in [-0.15, -0.1) is 0 Å². The molecule has 0 saturated carbocycles. The van der Waals surface area contributed by atoms with Gasteiger partial charge in [-0.3, -0.25) is 0 Å². The van der Waals surface area contributed by atoms with E-state index in [-0.39, 0.29) is 0 Å². The summed E-state index contributed by atoms with van der Waals surface area (Å²) in [6.45, 7) is 4.92. The van der Waals surface area contributed by atoms with Gasteiger partial charge in [-0.2, -0.15) is 0 Å². The van der Waals surface area contributed by atoms with E-state index in [0.717, 1.165) is 18.8 Å². The van der Waals surface area contributed by atoms with Gasteiger partial charge in [-0.05, 0) is 50.0 Å². The van der Waals surface area contributed by atoms with Crippen molar-refractivity contribution in [3.05, 3.63) is 47.6 Å². The Labute approximate surface area is 97.4 Å². The maximum Gasteiger partial charge on any atom is 0.119 e. The molecule has 0 aliphatic heterocycles. The molecule has 0 N–H and O–H groups in total. The zero-order valence-electron chi connectivity index (χ0n) is 9.99. The third kappa shape index (κ3) is 2.54. The topological polar surface area (TPSA) is 9.23 Å². The number of rotatable bonds is 3. The number of benzene rings is 1. The largest absolute Gasteiger partial charge is 0.494 e. The van der Waals surface area contributed by atoms with Crippen LogP contribution in [0.25, 0.3) is 5.57 Å². The van der Waals surface area contributed by atoms with Crippen molar-refractivity contribution in [3.63, 3.8) is 0 Å². The second-order valence-corrected chi connectivity index (χ2v) is 4.15. The fourth-order valence-corrected chi connectivity index (χ4v) is 1.96. The third-order valence-electron chi connectivity index (χ3n) is 2.80. The van der Waals surface area contributed by atoms with Gasteiger partial charge in [-0.1, -0.05) is 29.9 Å². The van der Waals surface area contributed by atoms with Crippen LogP contribution in [0.1, 0.15) is 32.3 Å². The lowest BCUT2D eigenvalue weighted by molar-refractivity contribution is 0.340. The van der Waals surface area contributed by atoms with Crippen molar-refractivity contribution in [2.45, 2.75) is 26.7 Å². The highest BCUT2D eigenvalue weighted by molar-refractivity contribution is 5.75. The molecule has 16 heavy (non-hydrogen) atoms. The van der Waals surface area contributed by atoms with E-state index in [1.807, 2.05) is 19.1 Å². The van der Waals surface area contributed by atoms with Crippen molar-refractivity contribution < 1.29 is 4.74 Å². The molecule has 2 rings (SSSR count). The molecule has 0 saturated heterocycles. The smallest absolute Gasteiger partial charge is 0.119 e. The Kier molecular flexibility index (Phi) is 3.45. The van der Waals surface area contributed by atoms with E-state index in [1.165, 1.54) is 23.1 Å².